The van der Waals surface area contributed by atoms with Crippen LogP contribution in [0.5, 0.6) is 5.75 Å². The summed E-state index contributed by atoms with van der Waals surface area (Å²) in [5, 5.41) is 12.9. The number of benzene rings is 1. The molecule has 0 fully saturated rings. The lowest BCUT2D eigenvalue weighted by molar-refractivity contribution is -0.133. The van der Waals surface area contributed by atoms with E-state index in [9.17, 15) is 9.59 Å². The van der Waals surface area contributed by atoms with Gasteiger partial charge < -0.3 is 4.74 Å². The molecule has 2 aliphatic rings. The van der Waals surface area contributed by atoms with Gasteiger partial charge in [0, 0.05) is 17.7 Å². The quantitative estimate of drug-likeness (QED) is 0.361. The molecule has 1 unspecified atom stereocenters. The van der Waals surface area contributed by atoms with E-state index in [4.69, 9.17) is 14.8 Å². The van der Waals surface area contributed by atoms with Crippen molar-refractivity contribution in [1.29, 1.82) is 0 Å². The summed E-state index contributed by atoms with van der Waals surface area (Å²) in [6.07, 6.45) is 3.95. The van der Waals surface area contributed by atoms with Gasteiger partial charge in [-0.1, -0.05) is 18.2 Å². The van der Waals surface area contributed by atoms with Crippen LogP contribution in [0.1, 0.15) is 58.4 Å². The maximum absolute atomic E-state index is 14.0. The Bertz CT molecular complexity index is 1620. The largest absolute Gasteiger partial charge is 0.497 e. The maximum Gasteiger partial charge on any atom is 0.263 e. The summed E-state index contributed by atoms with van der Waals surface area (Å²) < 4.78 is 8.48. The summed E-state index contributed by atoms with van der Waals surface area (Å²) in [7, 11) is 1.63. The van der Waals surface area contributed by atoms with Crippen molar-refractivity contribution in [3.05, 3.63) is 91.3 Å². The first-order valence-corrected chi connectivity index (χ1v) is 14.0. The molecule has 39 heavy (non-hydrogen) atoms. The van der Waals surface area contributed by atoms with Crippen molar-refractivity contribution in [1.82, 2.24) is 24.3 Å². The Morgan fingerprint density at radius 1 is 1.13 bits per heavy atom. The molecule has 4 heterocycles. The highest BCUT2D eigenvalue weighted by atomic mass is 32.1. The second-order valence-corrected chi connectivity index (χ2v) is 11.0. The topological polar surface area (TPSA) is 94.6 Å². The standard InChI is InChI=1S/C29H30N6O3S/c1-18-15-19(2)34(31-18)29-30-23-8-5-4-7-22(23)28(37)33(29)17-27(36)35-25(20-10-12-21(38-3)13-11-20)16-24(32-35)26-9-6-14-39-26/h6,9-15,25H,4-5,7-8,16-17H2,1-3H3. The minimum Gasteiger partial charge on any atom is -0.497 e. The monoisotopic (exact) mass is 542 g/mol. The van der Waals surface area contributed by atoms with E-state index in [2.05, 4.69) is 5.10 Å². The zero-order chi connectivity index (χ0) is 27.1. The molecule has 0 bridgehead atoms. The van der Waals surface area contributed by atoms with E-state index in [-0.39, 0.29) is 24.1 Å². The lowest BCUT2D eigenvalue weighted by atomic mass is 9.97. The van der Waals surface area contributed by atoms with Crippen LogP contribution < -0.4 is 10.3 Å². The number of carbonyl (C=O) groups is 1. The second kappa shape index (κ2) is 10.3. The molecular weight excluding hydrogens is 512 g/mol. The van der Waals surface area contributed by atoms with Crippen LogP contribution >= 0.6 is 11.3 Å². The van der Waals surface area contributed by atoms with Gasteiger partial charge in [-0.2, -0.15) is 10.2 Å². The van der Waals surface area contributed by atoms with Gasteiger partial charge in [0.15, 0.2) is 0 Å². The summed E-state index contributed by atoms with van der Waals surface area (Å²) in [5.41, 5.74) is 4.83. The fraction of sp³-hybridized carbons (Fsp3) is 0.345. The van der Waals surface area contributed by atoms with E-state index in [0.717, 1.165) is 58.2 Å². The van der Waals surface area contributed by atoms with Crippen molar-refractivity contribution >= 4 is 23.0 Å². The van der Waals surface area contributed by atoms with E-state index in [0.29, 0.717) is 24.4 Å². The molecule has 1 aliphatic heterocycles. The second-order valence-electron chi connectivity index (χ2n) is 10.0. The highest BCUT2D eigenvalue weighted by Gasteiger charge is 2.34. The molecule has 0 radical (unpaired) electrons. The highest BCUT2D eigenvalue weighted by Crippen LogP contribution is 2.35. The van der Waals surface area contributed by atoms with Crippen LogP contribution in [0.2, 0.25) is 0 Å². The van der Waals surface area contributed by atoms with E-state index in [1.54, 1.807) is 23.1 Å². The molecule has 10 heteroatoms. The number of aryl methyl sites for hydroxylation is 3. The number of carbonyl (C=O) groups excluding carboxylic acids is 1. The molecule has 0 spiro atoms. The summed E-state index contributed by atoms with van der Waals surface area (Å²) in [4.78, 5) is 33.7. The lowest BCUT2D eigenvalue weighted by Crippen LogP contribution is -2.38. The van der Waals surface area contributed by atoms with Gasteiger partial charge in [-0.3, -0.25) is 14.2 Å². The van der Waals surface area contributed by atoms with Crippen LogP contribution in [-0.2, 0) is 24.2 Å². The highest BCUT2D eigenvalue weighted by molar-refractivity contribution is 7.12. The van der Waals surface area contributed by atoms with Crippen molar-refractivity contribution in [3.8, 4) is 11.7 Å². The number of methoxy groups -OCH3 is 1. The third-order valence-corrected chi connectivity index (χ3v) is 8.30. The number of amides is 1. The van der Waals surface area contributed by atoms with Crippen molar-refractivity contribution in [2.45, 2.75) is 58.5 Å². The Morgan fingerprint density at radius 3 is 2.62 bits per heavy atom. The first-order valence-electron chi connectivity index (χ1n) is 13.2. The molecular formula is C29H30N6O3S. The number of hydrazone groups is 1. The smallest absolute Gasteiger partial charge is 0.263 e. The molecule has 3 aromatic heterocycles. The van der Waals surface area contributed by atoms with Gasteiger partial charge in [0.1, 0.15) is 12.3 Å². The Balaban J connectivity index is 1.41. The lowest BCUT2D eigenvalue weighted by Gasteiger charge is -2.24. The molecule has 0 saturated carbocycles. The number of fused-ring (bicyclic) bond motifs is 1. The Hall–Kier alpha value is -4.05. The number of hydrogen-bond acceptors (Lipinski definition) is 7. The fourth-order valence-corrected chi connectivity index (χ4v) is 6.16. The van der Waals surface area contributed by atoms with Gasteiger partial charge >= 0.3 is 0 Å². The van der Waals surface area contributed by atoms with Gasteiger partial charge in [-0.15, -0.1) is 11.3 Å². The molecule has 4 aromatic rings. The first kappa shape index (κ1) is 25.2. The van der Waals surface area contributed by atoms with Crippen LogP contribution in [-0.4, -0.2) is 43.1 Å². The number of nitrogens with zero attached hydrogens (tertiary/aromatic N) is 6. The molecule has 0 saturated heterocycles. The van der Waals surface area contributed by atoms with Gasteiger partial charge in [-0.05, 0) is 74.7 Å². The van der Waals surface area contributed by atoms with Gasteiger partial charge in [0.25, 0.3) is 11.5 Å². The normalized spacial score (nSPS) is 16.7. The summed E-state index contributed by atoms with van der Waals surface area (Å²) in [6.45, 7) is 3.65. The predicted molar refractivity (Wildman–Crippen MR) is 150 cm³/mol. The number of ether oxygens (including phenoxy) is 1. The predicted octanol–water partition coefficient (Wildman–Crippen LogP) is 4.37. The first-order chi connectivity index (χ1) is 18.9. The third kappa shape index (κ3) is 4.69. The molecule has 1 amide bonds. The molecule has 0 N–H and O–H groups in total. The Labute approximate surface area is 230 Å². The number of hydrogen-bond donors (Lipinski definition) is 0. The van der Waals surface area contributed by atoms with Crippen LogP contribution in [0.3, 0.4) is 0 Å². The van der Waals surface area contributed by atoms with Crippen molar-refractivity contribution in [3.63, 3.8) is 0 Å². The zero-order valence-corrected chi connectivity index (χ0v) is 23.1. The van der Waals surface area contributed by atoms with E-state index in [1.807, 2.05) is 61.7 Å². The van der Waals surface area contributed by atoms with Crippen molar-refractivity contribution in [2.24, 2.45) is 5.10 Å². The Morgan fingerprint density at radius 2 is 1.92 bits per heavy atom. The minimum absolute atomic E-state index is 0.168. The number of aromatic nitrogens is 4. The Kier molecular flexibility index (Phi) is 6.64. The minimum atomic E-state index is -0.293. The average molecular weight is 543 g/mol. The van der Waals surface area contributed by atoms with Crippen molar-refractivity contribution < 1.29 is 9.53 Å². The summed E-state index contributed by atoms with van der Waals surface area (Å²) >= 11 is 1.60. The van der Waals surface area contributed by atoms with Gasteiger partial charge in [-0.25, -0.2) is 14.7 Å². The molecule has 200 valence electrons. The van der Waals surface area contributed by atoms with E-state index < -0.39 is 0 Å². The molecule has 1 atom stereocenters. The van der Waals surface area contributed by atoms with Gasteiger partial charge in [0.2, 0.25) is 5.95 Å². The fourth-order valence-electron chi connectivity index (χ4n) is 5.44. The zero-order valence-electron chi connectivity index (χ0n) is 22.3. The molecule has 6 rings (SSSR count). The van der Waals surface area contributed by atoms with Crippen LogP contribution in [0.25, 0.3) is 5.95 Å². The van der Waals surface area contributed by atoms with Gasteiger partial charge in [0.05, 0.1) is 35.1 Å². The molecule has 1 aliphatic carbocycles. The molecule has 1 aromatic carbocycles. The SMILES string of the molecule is COc1ccc(C2CC(c3cccs3)=NN2C(=O)Cn2c(-n3nc(C)cc3C)nc3c(c2=O)CCCC3)cc1. The molecule has 9 nitrogen and oxygen atoms in total. The maximum atomic E-state index is 14.0. The van der Waals surface area contributed by atoms with Crippen LogP contribution in [0.15, 0.2) is 57.7 Å². The number of thiophene rings is 1. The summed E-state index contributed by atoms with van der Waals surface area (Å²) in [5.74, 6) is 0.849. The van der Waals surface area contributed by atoms with E-state index >= 15 is 0 Å². The number of rotatable bonds is 6. The summed E-state index contributed by atoms with van der Waals surface area (Å²) in [6, 6.07) is 13.3. The van der Waals surface area contributed by atoms with E-state index in [1.165, 1.54) is 9.58 Å². The third-order valence-electron chi connectivity index (χ3n) is 7.38. The average Bonchev–Trinajstić information content (AvgIpc) is 3.70. The van der Waals surface area contributed by atoms with Crippen LogP contribution in [0, 0.1) is 13.8 Å². The van der Waals surface area contributed by atoms with Crippen LogP contribution in [0.4, 0.5) is 0 Å². The van der Waals surface area contributed by atoms with Crippen molar-refractivity contribution in [2.75, 3.05) is 7.11 Å².